The number of aliphatic hydroxyl groups is 1. The third-order valence-corrected chi connectivity index (χ3v) is 5.92. The molecule has 1 atom stereocenters. The number of rotatable bonds is 5. The summed E-state index contributed by atoms with van der Waals surface area (Å²) in [6.45, 7) is 6.73. The molecule has 2 aromatic rings. The largest absolute Gasteiger partial charge is 0.491 e. The molecule has 1 unspecified atom stereocenters. The van der Waals surface area contributed by atoms with E-state index < -0.39 is 5.60 Å². The Morgan fingerprint density at radius 2 is 1.89 bits per heavy atom. The van der Waals surface area contributed by atoms with Gasteiger partial charge in [0.2, 0.25) is 0 Å². The van der Waals surface area contributed by atoms with E-state index in [0.717, 1.165) is 60.1 Å². The second kappa shape index (κ2) is 8.78. The number of hydrogen-bond acceptors (Lipinski definition) is 4. The SMILES string of the molecule is Cc1cc(OCC2(O)CCCN(Cc3ccc(Cl)cn3)CC2)cc(C)c1Cl. The molecule has 0 bridgehead atoms. The highest BCUT2D eigenvalue weighted by molar-refractivity contribution is 6.32. The molecule has 1 fully saturated rings. The van der Waals surface area contributed by atoms with Crippen molar-refractivity contribution in [2.45, 2.75) is 45.3 Å². The van der Waals surface area contributed by atoms with Crippen molar-refractivity contribution >= 4 is 23.2 Å². The van der Waals surface area contributed by atoms with Crippen LogP contribution in [0.2, 0.25) is 10.0 Å². The van der Waals surface area contributed by atoms with Crippen molar-refractivity contribution < 1.29 is 9.84 Å². The molecule has 1 aliphatic heterocycles. The number of pyridine rings is 1. The van der Waals surface area contributed by atoms with E-state index in [1.54, 1.807) is 6.20 Å². The molecule has 0 spiro atoms. The van der Waals surface area contributed by atoms with E-state index in [0.29, 0.717) is 18.1 Å². The predicted molar refractivity (Wildman–Crippen MR) is 110 cm³/mol. The molecule has 146 valence electrons. The van der Waals surface area contributed by atoms with E-state index in [4.69, 9.17) is 27.9 Å². The first-order valence-electron chi connectivity index (χ1n) is 9.29. The zero-order valence-corrected chi connectivity index (χ0v) is 17.4. The Morgan fingerprint density at radius 1 is 1.15 bits per heavy atom. The summed E-state index contributed by atoms with van der Waals surface area (Å²) in [7, 11) is 0. The van der Waals surface area contributed by atoms with Crippen LogP contribution in [0.1, 0.15) is 36.1 Å². The number of aryl methyl sites for hydroxylation is 2. The van der Waals surface area contributed by atoms with Crippen molar-refractivity contribution in [1.29, 1.82) is 0 Å². The van der Waals surface area contributed by atoms with Gasteiger partial charge in [0.1, 0.15) is 12.4 Å². The maximum atomic E-state index is 11.0. The van der Waals surface area contributed by atoms with E-state index in [2.05, 4.69) is 9.88 Å². The summed E-state index contributed by atoms with van der Waals surface area (Å²) in [5.74, 6) is 0.759. The monoisotopic (exact) mass is 408 g/mol. The smallest absolute Gasteiger partial charge is 0.120 e. The lowest BCUT2D eigenvalue weighted by Gasteiger charge is -2.27. The lowest BCUT2D eigenvalue weighted by molar-refractivity contribution is -0.0168. The van der Waals surface area contributed by atoms with Gasteiger partial charge in [-0.1, -0.05) is 23.2 Å². The van der Waals surface area contributed by atoms with Gasteiger partial charge in [-0.3, -0.25) is 9.88 Å². The van der Waals surface area contributed by atoms with Crippen molar-refractivity contribution in [1.82, 2.24) is 9.88 Å². The Bertz CT molecular complexity index is 759. The molecule has 4 nitrogen and oxygen atoms in total. The number of hydrogen-bond donors (Lipinski definition) is 1. The van der Waals surface area contributed by atoms with Gasteiger partial charge in [-0.2, -0.15) is 0 Å². The van der Waals surface area contributed by atoms with Crippen molar-refractivity contribution in [3.05, 3.63) is 57.3 Å². The summed E-state index contributed by atoms with van der Waals surface area (Å²) in [6.07, 6.45) is 4.00. The third-order valence-electron chi connectivity index (χ3n) is 5.10. The lowest BCUT2D eigenvalue weighted by atomic mass is 9.96. The van der Waals surface area contributed by atoms with Gasteiger partial charge in [-0.25, -0.2) is 0 Å². The predicted octanol–water partition coefficient (Wildman–Crippen LogP) is 4.80. The number of aromatic nitrogens is 1. The summed E-state index contributed by atoms with van der Waals surface area (Å²) in [5, 5.41) is 12.4. The molecule has 0 amide bonds. The Kier molecular flexibility index (Phi) is 6.64. The number of benzene rings is 1. The zero-order chi connectivity index (χ0) is 19.4. The second-order valence-electron chi connectivity index (χ2n) is 7.48. The fraction of sp³-hybridized carbons (Fsp3) is 0.476. The maximum Gasteiger partial charge on any atom is 0.120 e. The van der Waals surface area contributed by atoms with Crippen molar-refractivity contribution in [3.63, 3.8) is 0 Å². The highest BCUT2D eigenvalue weighted by Crippen LogP contribution is 2.28. The van der Waals surface area contributed by atoms with Crippen LogP contribution in [0.4, 0.5) is 0 Å². The van der Waals surface area contributed by atoms with Crippen LogP contribution in [0, 0.1) is 13.8 Å². The van der Waals surface area contributed by atoms with Crippen LogP contribution in [0.15, 0.2) is 30.5 Å². The molecule has 0 aliphatic carbocycles. The summed E-state index contributed by atoms with van der Waals surface area (Å²) < 4.78 is 5.93. The highest BCUT2D eigenvalue weighted by Gasteiger charge is 2.31. The summed E-state index contributed by atoms with van der Waals surface area (Å²) in [4.78, 5) is 6.69. The van der Waals surface area contributed by atoms with Crippen molar-refractivity contribution in [3.8, 4) is 5.75 Å². The van der Waals surface area contributed by atoms with Gasteiger partial charge in [-0.05, 0) is 75.0 Å². The minimum absolute atomic E-state index is 0.292. The van der Waals surface area contributed by atoms with E-state index in [9.17, 15) is 5.11 Å². The Balaban J connectivity index is 1.56. The normalized spacial score (nSPS) is 21.1. The van der Waals surface area contributed by atoms with Crippen LogP contribution in [-0.4, -0.2) is 40.3 Å². The third kappa shape index (κ3) is 5.58. The van der Waals surface area contributed by atoms with E-state index in [-0.39, 0.29) is 0 Å². The van der Waals surface area contributed by atoms with Crippen LogP contribution in [0.25, 0.3) is 0 Å². The Morgan fingerprint density at radius 3 is 2.56 bits per heavy atom. The average molecular weight is 409 g/mol. The second-order valence-corrected chi connectivity index (χ2v) is 8.30. The standard InChI is InChI=1S/C21H26Cl2N2O2/c1-15-10-19(11-16(2)20(15)23)27-14-21(26)6-3-8-25(9-7-21)13-18-5-4-17(22)12-24-18/h4-5,10-12,26H,3,6-9,13-14H2,1-2H3. The molecule has 0 saturated carbocycles. The summed E-state index contributed by atoms with van der Waals surface area (Å²) >= 11 is 12.1. The molecule has 27 heavy (non-hydrogen) atoms. The lowest BCUT2D eigenvalue weighted by Crippen LogP contribution is -2.37. The quantitative estimate of drug-likeness (QED) is 0.771. The molecule has 3 rings (SSSR count). The van der Waals surface area contributed by atoms with Crippen LogP contribution in [0.3, 0.4) is 0 Å². The van der Waals surface area contributed by atoms with Gasteiger partial charge in [0.15, 0.2) is 0 Å². The van der Waals surface area contributed by atoms with Gasteiger partial charge in [0.05, 0.1) is 16.3 Å². The van der Waals surface area contributed by atoms with Gasteiger partial charge in [0, 0.05) is 24.3 Å². The van der Waals surface area contributed by atoms with Gasteiger partial charge in [-0.15, -0.1) is 0 Å². The molecule has 0 radical (unpaired) electrons. The first-order valence-corrected chi connectivity index (χ1v) is 10.0. The fourth-order valence-corrected chi connectivity index (χ4v) is 3.69. The Labute approximate surface area is 171 Å². The van der Waals surface area contributed by atoms with E-state index in [1.165, 1.54) is 0 Å². The van der Waals surface area contributed by atoms with Crippen LogP contribution >= 0.6 is 23.2 Å². The van der Waals surface area contributed by atoms with E-state index >= 15 is 0 Å². The van der Waals surface area contributed by atoms with Crippen LogP contribution in [-0.2, 0) is 6.54 Å². The Hall–Kier alpha value is -1.33. The fourth-order valence-electron chi connectivity index (χ4n) is 3.47. The highest BCUT2D eigenvalue weighted by atomic mass is 35.5. The number of likely N-dealkylation sites (tertiary alicyclic amines) is 1. The van der Waals surface area contributed by atoms with Crippen LogP contribution < -0.4 is 4.74 Å². The molecule has 2 heterocycles. The molecule has 1 aromatic heterocycles. The van der Waals surface area contributed by atoms with Gasteiger partial charge in [0.25, 0.3) is 0 Å². The number of nitrogens with zero attached hydrogens (tertiary/aromatic N) is 2. The minimum atomic E-state index is -0.816. The molecular formula is C21H26Cl2N2O2. The molecule has 1 aliphatic rings. The maximum absolute atomic E-state index is 11.0. The van der Waals surface area contributed by atoms with Crippen molar-refractivity contribution in [2.75, 3.05) is 19.7 Å². The number of ether oxygens (including phenoxy) is 1. The summed E-state index contributed by atoms with van der Waals surface area (Å²) in [6, 6.07) is 7.66. The average Bonchev–Trinajstić information content (AvgIpc) is 2.82. The molecule has 1 saturated heterocycles. The first kappa shape index (κ1) is 20.4. The molecular weight excluding hydrogens is 383 g/mol. The topological polar surface area (TPSA) is 45.6 Å². The van der Waals surface area contributed by atoms with Crippen molar-refractivity contribution in [2.24, 2.45) is 0 Å². The van der Waals surface area contributed by atoms with Gasteiger partial charge < -0.3 is 9.84 Å². The summed E-state index contributed by atoms with van der Waals surface area (Å²) in [5.41, 5.74) is 2.15. The zero-order valence-electron chi connectivity index (χ0n) is 15.8. The van der Waals surface area contributed by atoms with E-state index in [1.807, 2.05) is 38.1 Å². The minimum Gasteiger partial charge on any atom is -0.491 e. The first-order chi connectivity index (χ1) is 12.8. The van der Waals surface area contributed by atoms with Crippen LogP contribution in [0.5, 0.6) is 5.75 Å². The molecule has 1 aromatic carbocycles. The molecule has 6 heteroatoms. The van der Waals surface area contributed by atoms with Gasteiger partial charge >= 0.3 is 0 Å². The molecule has 1 N–H and O–H groups in total. The number of halogens is 2.